The molecular weight excluding hydrogens is 314 g/mol. The summed E-state index contributed by atoms with van der Waals surface area (Å²) in [7, 11) is -2.39. The second-order valence-electron chi connectivity index (χ2n) is 6.16. The number of carbonyl (C=O) groups excluding carboxylic acids is 1. The lowest BCUT2D eigenvalue weighted by Gasteiger charge is -2.32. The number of anilines is 1. The number of nitrogens with one attached hydrogen (secondary N) is 1. The first-order valence-corrected chi connectivity index (χ1v) is 8.85. The lowest BCUT2D eigenvalue weighted by molar-refractivity contribution is -0.114. The SMILES string of the molecule is CC(=O)Nc1cc(S(=O)(=O)N(C)[C@@](C)(C#N)C2CC2)ccc1C. The number of hydrogen-bond donors (Lipinski definition) is 1. The monoisotopic (exact) mass is 335 g/mol. The first-order chi connectivity index (χ1) is 10.6. The van der Waals surface area contributed by atoms with Crippen molar-refractivity contribution in [3.8, 4) is 6.07 Å². The number of amides is 1. The zero-order valence-electron chi connectivity index (χ0n) is 13.8. The molecule has 1 aliphatic carbocycles. The first kappa shape index (κ1) is 17.4. The molecule has 0 bridgehead atoms. The Morgan fingerprint density at radius 1 is 1.43 bits per heavy atom. The summed E-state index contributed by atoms with van der Waals surface area (Å²) in [4.78, 5) is 11.3. The van der Waals surface area contributed by atoms with E-state index in [1.807, 2.05) is 0 Å². The Kier molecular flexibility index (Phi) is 4.51. The molecule has 1 atom stereocenters. The van der Waals surface area contributed by atoms with E-state index in [2.05, 4.69) is 11.4 Å². The Hall–Kier alpha value is -1.91. The summed E-state index contributed by atoms with van der Waals surface area (Å²) in [6.45, 7) is 4.81. The molecule has 7 heteroatoms. The highest BCUT2D eigenvalue weighted by atomic mass is 32.2. The standard InChI is InChI=1S/C16H21N3O3S/c1-11-5-8-14(9-15(11)18-12(2)20)23(21,22)19(4)16(3,10-17)13-6-7-13/h5,8-9,13H,6-7H2,1-4H3,(H,18,20)/t16-/m0/s1. The molecule has 0 saturated heterocycles. The smallest absolute Gasteiger partial charge is 0.244 e. The summed E-state index contributed by atoms with van der Waals surface area (Å²) in [5.74, 6) is -0.205. The average molecular weight is 335 g/mol. The second kappa shape index (κ2) is 5.95. The van der Waals surface area contributed by atoms with Crippen LogP contribution in [0.2, 0.25) is 0 Å². The number of nitriles is 1. The molecular formula is C16H21N3O3S. The van der Waals surface area contributed by atoms with Crippen LogP contribution in [-0.2, 0) is 14.8 Å². The van der Waals surface area contributed by atoms with Gasteiger partial charge in [0.05, 0.1) is 11.0 Å². The fraction of sp³-hybridized carbons (Fsp3) is 0.500. The van der Waals surface area contributed by atoms with Crippen LogP contribution in [0.25, 0.3) is 0 Å². The number of benzene rings is 1. The summed E-state index contributed by atoms with van der Waals surface area (Å²) >= 11 is 0. The molecule has 0 aromatic heterocycles. The van der Waals surface area contributed by atoms with E-state index in [9.17, 15) is 18.5 Å². The highest BCUT2D eigenvalue weighted by Crippen LogP contribution is 2.44. The van der Waals surface area contributed by atoms with Gasteiger partial charge in [-0.15, -0.1) is 0 Å². The third-order valence-corrected chi connectivity index (χ3v) is 6.38. The quantitative estimate of drug-likeness (QED) is 0.893. The lowest BCUT2D eigenvalue weighted by atomic mass is 9.99. The van der Waals surface area contributed by atoms with Gasteiger partial charge in [-0.1, -0.05) is 6.07 Å². The van der Waals surface area contributed by atoms with Gasteiger partial charge in [-0.3, -0.25) is 4.79 Å². The highest BCUT2D eigenvalue weighted by Gasteiger charge is 2.49. The Morgan fingerprint density at radius 2 is 2.04 bits per heavy atom. The molecule has 124 valence electrons. The molecule has 1 amide bonds. The minimum Gasteiger partial charge on any atom is -0.326 e. The molecule has 1 aliphatic rings. The molecule has 1 saturated carbocycles. The van der Waals surface area contributed by atoms with Gasteiger partial charge in [-0.25, -0.2) is 8.42 Å². The molecule has 1 aromatic carbocycles. The maximum absolute atomic E-state index is 12.9. The molecule has 0 radical (unpaired) electrons. The topological polar surface area (TPSA) is 90.3 Å². The van der Waals surface area contributed by atoms with Gasteiger partial charge in [-0.05, 0) is 50.3 Å². The molecule has 23 heavy (non-hydrogen) atoms. The van der Waals surface area contributed by atoms with E-state index in [1.54, 1.807) is 19.9 Å². The van der Waals surface area contributed by atoms with Crippen LogP contribution < -0.4 is 5.32 Å². The minimum atomic E-state index is -3.83. The van der Waals surface area contributed by atoms with Crippen molar-refractivity contribution < 1.29 is 13.2 Å². The highest BCUT2D eigenvalue weighted by molar-refractivity contribution is 7.89. The number of hydrogen-bond acceptors (Lipinski definition) is 4. The van der Waals surface area contributed by atoms with E-state index < -0.39 is 15.6 Å². The van der Waals surface area contributed by atoms with Crippen LogP contribution >= 0.6 is 0 Å². The number of sulfonamides is 1. The molecule has 1 fully saturated rings. The molecule has 6 nitrogen and oxygen atoms in total. The van der Waals surface area contributed by atoms with E-state index in [0.29, 0.717) is 5.69 Å². The normalized spacial score (nSPS) is 17.4. The second-order valence-corrected chi connectivity index (χ2v) is 8.13. The Bertz CT molecular complexity index is 778. The molecule has 0 spiro atoms. The fourth-order valence-electron chi connectivity index (χ4n) is 2.56. The van der Waals surface area contributed by atoms with Gasteiger partial charge in [0.25, 0.3) is 0 Å². The van der Waals surface area contributed by atoms with E-state index in [1.165, 1.54) is 26.1 Å². The predicted molar refractivity (Wildman–Crippen MR) is 87.2 cm³/mol. The molecule has 0 unspecified atom stereocenters. The minimum absolute atomic E-state index is 0.0625. The van der Waals surface area contributed by atoms with Crippen molar-refractivity contribution in [3.63, 3.8) is 0 Å². The van der Waals surface area contributed by atoms with E-state index in [-0.39, 0.29) is 16.7 Å². The van der Waals surface area contributed by atoms with Gasteiger partial charge < -0.3 is 5.32 Å². The molecule has 2 rings (SSSR count). The van der Waals surface area contributed by atoms with Gasteiger partial charge in [0.2, 0.25) is 15.9 Å². The Labute approximate surface area is 137 Å². The van der Waals surface area contributed by atoms with Crippen LogP contribution in [0, 0.1) is 24.2 Å². The average Bonchev–Trinajstić information content (AvgIpc) is 3.32. The third-order valence-electron chi connectivity index (χ3n) is 4.43. The van der Waals surface area contributed by atoms with Crippen LogP contribution in [0.4, 0.5) is 5.69 Å². The van der Waals surface area contributed by atoms with E-state index in [0.717, 1.165) is 22.7 Å². The van der Waals surface area contributed by atoms with Crippen LogP contribution in [-0.4, -0.2) is 31.2 Å². The molecule has 1 N–H and O–H groups in total. The van der Waals surface area contributed by atoms with Gasteiger partial charge in [0, 0.05) is 19.7 Å². The lowest BCUT2D eigenvalue weighted by Crippen LogP contribution is -2.47. The zero-order chi connectivity index (χ0) is 17.4. The number of aryl methyl sites for hydroxylation is 1. The van der Waals surface area contributed by atoms with Crippen LogP contribution in [0.15, 0.2) is 23.1 Å². The number of nitrogens with zero attached hydrogens (tertiary/aromatic N) is 2. The zero-order valence-corrected chi connectivity index (χ0v) is 14.6. The van der Waals surface area contributed by atoms with E-state index >= 15 is 0 Å². The van der Waals surface area contributed by atoms with Crippen LogP contribution in [0.3, 0.4) is 0 Å². The van der Waals surface area contributed by atoms with Crippen molar-refractivity contribution in [1.29, 1.82) is 5.26 Å². The number of carbonyl (C=O) groups is 1. The Balaban J connectivity index is 2.43. The summed E-state index contributed by atoms with van der Waals surface area (Å²) in [6, 6.07) is 6.73. The summed E-state index contributed by atoms with van der Waals surface area (Å²) < 4.78 is 26.9. The maximum atomic E-state index is 12.9. The van der Waals surface area contributed by atoms with Crippen molar-refractivity contribution in [2.75, 3.05) is 12.4 Å². The summed E-state index contributed by atoms with van der Waals surface area (Å²) in [5, 5.41) is 12.1. The van der Waals surface area contributed by atoms with Gasteiger partial charge in [0.15, 0.2) is 0 Å². The van der Waals surface area contributed by atoms with Crippen LogP contribution in [0.5, 0.6) is 0 Å². The molecule has 1 aromatic rings. The largest absolute Gasteiger partial charge is 0.326 e. The van der Waals surface area contributed by atoms with Crippen molar-refractivity contribution in [1.82, 2.24) is 4.31 Å². The summed E-state index contributed by atoms with van der Waals surface area (Å²) in [6.07, 6.45) is 1.71. The fourth-order valence-corrected chi connectivity index (χ4v) is 4.07. The van der Waals surface area contributed by atoms with Gasteiger partial charge >= 0.3 is 0 Å². The van der Waals surface area contributed by atoms with Crippen molar-refractivity contribution in [3.05, 3.63) is 23.8 Å². The predicted octanol–water partition coefficient (Wildman–Crippen LogP) is 2.27. The number of rotatable bonds is 5. The van der Waals surface area contributed by atoms with Crippen LogP contribution in [0.1, 0.15) is 32.3 Å². The third kappa shape index (κ3) is 3.23. The Morgan fingerprint density at radius 3 is 2.52 bits per heavy atom. The van der Waals surface area contributed by atoms with Gasteiger partial charge in [0.1, 0.15) is 5.54 Å². The van der Waals surface area contributed by atoms with Crippen molar-refractivity contribution >= 4 is 21.6 Å². The molecule has 0 aliphatic heterocycles. The van der Waals surface area contributed by atoms with Crippen molar-refractivity contribution in [2.45, 2.75) is 44.0 Å². The van der Waals surface area contributed by atoms with E-state index in [4.69, 9.17) is 0 Å². The molecule has 0 heterocycles. The first-order valence-electron chi connectivity index (χ1n) is 7.41. The van der Waals surface area contributed by atoms with Crippen molar-refractivity contribution in [2.24, 2.45) is 5.92 Å². The maximum Gasteiger partial charge on any atom is 0.244 e. The van der Waals surface area contributed by atoms with Gasteiger partial charge in [-0.2, -0.15) is 9.57 Å². The summed E-state index contributed by atoms with van der Waals surface area (Å²) in [5.41, 5.74) is 0.168.